The third kappa shape index (κ3) is 3.73. The Balaban J connectivity index is 1.75. The summed E-state index contributed by atoms with van der Waals surface area (Å²) in [5, 5.41) is 2.97. The molecule has 0 bridgehead atoms. The standard InChI is InChI=1S/C21H25N3O/c1-4-6-7-15-8-11-17(12-9-15)22-21(25)16-10-13-19-18(14-16)23-20(5-2)24(19)3/h8-14H,4-7H2,1-3H3,(H,22,25). The van der Waals surface area contributed by atoms with Crippen LogP contribution in [0, 0.1) is 0 Å². The number of hydrogen-bond donors (Lipinski definition) is 1. The van der Waals surface area contributed by atoms with E-state index < -0.39 is 0 Å². The Kier molecular flexibility index (Phi) is 5.17. The SMILES string of the molecule is CCCCc1ccc(NC(=O)c2ccc3c(c2)nc(CC)n3C)cc1. The lowest BCUT2D eigenvalue weighted by Crippen LogP contribution is -2.11. The van der Waals surface area contributed by atoms with Gasteiger partial charge in [0.2, 0.25) is 0 Å². The lowest BCUT2D eigenvalue weighted by Gasteiger charge is -2.07. The van der Waals surface area contributed by atoms with E-state index in [-0.39, 0.29) is 5.91 Å². The van der Waals surface area contributed by atoms with Crippen LogP contribution in [-0.4, -0.2) is 15.5 Å². The molecule has 0 saturated heterocycles. The van der Waals surface area contributed by atoms with Crippen molar-refractivity contribution in [1.82, 2.24) is 9.55 Å². The first-order valence-corrected chi connectivity index (χ1v) is 8.98. The van der Waals surface area contributed by atoms with Gasteiger partial charge in [0, 0.05) is 24.7 Å². The molecule has 0 radical (unpaired) electrons. The summed E-state index contributed by atoms with van der Waals surface area (Å²) in [6.45, 7) is 4.27. The Hall–Kier alpha value is -2.62. The van der Waals surface area contributed by atoms with Crippen LogP contribution in [0.25, 0.3) is 11.0 Å². The van der Waals surface area contributed by atoms with Crippen molar-refractivity contribution in [2.24, 2.45) is 7.05 Å². The third-order valence-corrected chi connectivity index (χ3v) is 4.58. The fraction of sp³-hybridized carbons (Fsp3) is 0.333. The fourth-order valence-electron chi connectivity index (χ4n) is 3.05. The zero-order valence-electron chi connectivity index (χ0n) is 15.2. The number of nitrogens with one attached hydrogen (secondary N) is 1. The van der Waals surface area contributed by atoms with Gasteiger partial charge >= 0.3 is 0 Å². The van der Waals surface area contributed by atoms with Gasteiger partial charge in [-0.05, 0) is 48.7 Å². The topological polar surface area (TPSA) is 46.9 Å². The molecule has 1 aromatic heterocycles. The molecule has 0 aliphatic heterocycles. The summed E-state index contributed by atoms with van der Waals surface area (Å²) in [7, 11) is 2.01. The van der Waals surface area contributed by atoms with Crippen LogP contribution >= 0.6 is 0 Å². The Bertz CT molecular complexity index is 878. The van der Waals surface area contributed by atoms with E-state index in [1.54, 1.807) is 0 Å². The molecule has 0 aliphatic carbocycles. The second-order valence-electron chi connectivity index (χ2n) is 6.40. The van der Waals surface area contributed by atoms with E-state index in [2.05, 4.69) is 40.8 Å². The van der Waals surface area contributed by atoms with Crippen LogP contribution in [0.3, 0.4) is 0 Å². The molecule has 4 nitrogen and oxygen atoms in total. The van der Waals surface area contributed by atoms with Gasteiger partial charge in [-0.3, -0.25) is 4.79 Å². The van der Waals surface area contributed by atoms with Crippen molar-refractivity contribution in [1.29, 1.82) is 0 Å². The third-order valence-electron chi connectivity index (χ3n) is 4.58. The number of imidazole rings is 1. The van der Waals surface area contributed by atoms with Crippen molar-refractivity contribution in [2.75, 3.05) is 5.32 Å². The van der Waals surface area contributed by atoms with Crippen LogP contribution in [0.1, 0.15) is 48.4 Å². The molecule has 0 fully saturated rings. The maximum Gasteiger partial charge on any atom is 0.255 e. The molecule has 1 N–H and O–H groups in total. The molecule has 130 valence electrons. The van der Waals surface area contributed by atoms with Crippen LogP contribution in [0.4, 0.5) is 5.69 Å². The van der Waals surface area contributed by atoms with Gasteiger partial charge in [-0.2, -0.15) is 0 Å². The van der Waals surface area contributed by atoms with Gasteiger partial charge in [-0.15, -0.1) is 0 Å². The lowest BCUT2D eigenvalue weighted by atomic mass is 10.1. The first kappa shape index (κ1) is 17.2. The Morgan fingerprint density at radius 3 is 2.56 bits per heavy atom. The minimum atomic E-state index is -0.105. The molecule has 4 heteroatoms. The summed E-state index contributed by atoms with van der Waals surface area (Å²) in [5.74, 6) is 0.919. The highest BCUT2D eigenvalue weighted by molar-refractivity contribution is 6.05. The Labute approximate surface area is 148 Å². The highest BCUT2D eigenvalue weighted by Gasteiger charge is 2.11. The van der Waals surface area contributed by atoms with Crippen LogP contribution in [0.5, 0.6) is 0 Å². The van der Waals surface area contributed by atoms with Gasteiger partial charge in [0.1, 0.15) is 5.82 Å². The molecular weight excluding hydrogens is 310 g/mol. The average molecular weight is 335 g/mol. The second kappa shape index (κ2) is 7.51. The first-order chi connectivity index (χ1) is 12.1. The van der Waals surface area contributed by atoms with E-state index in [4.69, 9.17) is 0 Å². The molecular formula is C21H25N3O. The van der Waals surface area contributed by atoms with Gasteiger partial charge in [0.15, 0.2) is 0 Å². The van der Waals surface area contributed by atoms with Crippen molar-refractivity contribution in [3.05, 3.63) is 59.4 Å². The molecule has 0 saturated carbocycles. The summed E-state index contributed by atoms with van der Waals surface area (Å²) in [6, 6.07) is 13.8. The van der Waals surface area contributed by atoms with E-state index in [9.17, 15) is 4.79 Å². The number of carbonyl (C=O) groups excluding carboxylic acids is 1. The molecule has 0 spiro atoms. The van der Waals surface area contributed by atoms with Crippen LogP contribution in [-0.2, 0) is 19.9 Å². The molecule has 3 rings (SSSR count). The predicted octanol–water partition coefficient (Wildman–Crippen LogP) is 4.73. The first-order valence-electron chi connectivity index (χ1n) is 8.98. The summed E-state index contributed by atoms with van der Waals surface area (Å²) in [5.41, 5.74) is 4.67. The second-order valence-corrected chi connectivity index (χ2v) is 6.40. The van der Waals surface area contributed by atoms with Crippen molar-refractivity contribution in [2.45, 2.75) is 39.5 Å². The van der Waals surface area contributed by atoms with Crippen molar-refractivity contribution in [3.8, 4) is 0 Å². The number of aryl methyl sites for hydroxylation is 3. The number of benzene rings is 2. The molecule has 2 aromatic carbocycles. The molecule has 0 unspecified atom stereocenters. The summed E-state index contributed by atoms with van der Waals surface area (Å²) in [6.07, 6.45) is 4.34. The van der Waals surface area contributed by atoms with Crippen molar-refractivity contribution >= 4 is 22.6 Å². The maximum absolute atomic E-state index is 12.5. The Morgan fingerprint density at radius 1 is 1.12 bits per heavy atom. The zero-order chi connectivity index (χ0) is 17.8. The van der Waals surface area contributed by atoms with Gasteiger partial charge in [0.05, 0.1) is 11.0 Å². The van der Waals surface area contributed by atoms with Gasteiger partial charge in [-0.1, -0.05) is 32.4 Å². The minimum Gasteiger partial charge on any atom is -0.331 e. The largest absolute Gasteiger partial charge is 0.331 e. The highest BCUT2D eigenvalue weighted by atomic mass is 16.1. The predicted molar refractivity (Wildman–Crippen MR) is 103 cm³/mol. The van der Waals surface area contributed by atoms with Crippen LogP contribution < -0.4 is 5.32 Å². The number of carbonyl (C=O) groups is 1. The maximum atomic E-state index is 12.5. The number of anilines is 1. The van der Waals surface area contributed by atoms with Crippen molar-refractivity contribution in [3.63, 3.8) is 0 Å². The molecule has 1 heterocycles. The number of nitrogens with zero attached hydrogens (tertiary/aromatic N) is 2. The Morgan fingerprint density at radius 2 is 1.88 bits per heavy atom. The van der Waals surface area contributed by atoms with E-state index in [1.165, 1.54) is 18.4 Å². The minimum absolute atomic E-state index is 0.105. The number of unbranched alkanes of at least 4 members (excludes halogenated alkanes) is 1. The number of aromatic nitrogens is 2. The quantitative estimate of drug-likeness (QED) is 0.708. The van der Waals surface area contributed by atoms with Gasteiger partial charge < -0.3 is 9.88 Å². The van der Waals surface area contributed by atoms with Gasteiger partial charge in [0.25, 0.3) is 5.91 Å². The van der Waals surface area contributed by atoms with Crippen LogP contribution in [0.15, 0.2) is 42.5 Å². The van der Waals surface area contributed by atoms with E-state index >= 15 is 0 Å². The van der Waals surface area contributed by atoms with Gasteiger partial charge in [-0.25, -0.2) is 4.98 Å². The number of rotatable bonds is 6. The van der Waals surface area contributed by atoms with Crippen molar-refractivity contribution < 1.29 is 4.79 Å². The summed E-state index contributed by atoms with van der Waals surface area (Å²) in [4.78, 5) is 17.1. The monoisotopic (exact) mass is 335 g/mol. The number of amides is 1. The lowest BCUT2D eigenvalue weighted by molar-refractivity contribution is 0.102. The number of fused-ring (bicyclic) bond motifs is 1. The normalized spacial score (nSPS) is 11.0. The number of hydrogen-bond acceptors (Lipinski definition) is 2. The zero-order valence-corrected chi connectivity index (χ0v) is 15.2. The summed E-state index contributed by atoms with van der Waals surface area (Å²) >= 11 is 0. The van der Waals surface area contributed by atoms with E-state index in [0.717, 1.165) is 35.4 Å². The molecule has 0 aliphatic rings. The molecule has 3 aromatic rings. The van der Waals surface area contributed by atoms with Crippen LogP contribution in [0.2, 0.25) is 0 Å². The summed E-state index contributed by atoms with van der Waals surface area (Å²) < 4.78 is 2.08. The molecule has 1 amide bonds. The highest BCUT2D eigenvalue weighted by Crippen LogP contribution is 2.19. The van der Waals surface area contributed by atoms with E-state index in [1.807, 2.05) is 37.4 Å². The van der Waals surface area contributed by atoms with E-state index in [0.29, 0.717) is 5.56 Å². The molecule has 25 heavy (non-hydrogen) atoms. The average Bonchev–Trinajstić information content (AvgIpc) is 2.96. The fourth-order valence-corrected chi connectivity index (χ4v) is 3.05. The smallest absolute Gasteiger partial charge is 0.255 e. The molecule has 0 atom stereocenters.